The molecule has 3 rings (SSSR count). The van der Waals surface area contributed by atoms with Crippen LogP contribution < -0.4 is 10.1 Å². The zero-order valence-corrected chi connectivity index (χ0v) is 11.4. The first-order valence-electron chi connectivity index (χ1n) is 6.47. The van der Waals surface area contributed by atoms with Crippen molar-refractivity contribution < 1.29 is 9.53 Å². The van der Waals surface area contributed by atoms with Gasteiger partial charge in [0.25, 0.3) is 0 Å². The maximum Gasteiger partial charge on any atom is 0.230 e. The van der Waals surface area contributed by atoms with Crippen LogP contribution in [-0.2, 0) is 4.79 Å². The summed E-state index contributed by atoms with van der Waals surface area (Å²) in [5.74, 6) is 1.05. The topological polar surface area (TPSA) is 64.1 Å². The number of rotatable bonds is 3. The Hall–Kier alpha value is -2.95. The fourth-order valence-electron chi connectivity index (χ4n) is 1.98. The van der Waals surface area contributed by atoms with E-state index in [9.17, 15) is 4.79 Å². The van der Waals surface area contributed by atoms with Crippen LogP contribution in [0.5, 0.6) is 11.6 Å². The van der Waals surface area contributed by atoms with E-state index < -0.39 is 0 Å². The van der Waals surface area contributed by atoms with Crippen molar-refractivity contribution in [1.82, 2.24) is 9.97 Å². The molecule has 1 aromatic heterocycles. The van der Waals surface area contributed by atoms with Crippen molar-refractivity contribution in [3.05, 3.63) is 54.9 Å². The summed E-state index contributed by atoms with van der Waals surface area (Å²) in [6, 6.07) is 14.8. The summed E-state index contributed by atoms with van der Waals surface area (Å²) in [6.07, 6.45) is 1.48. The molecule has 104 valence electrons. The molecule has 0 aliphatic carbocycles. The van der Waals surface area contributed by atoms with Gasteiger partial charge < -0.3 is 10.1 Å². The molecule has 1 N–H and O–H groups in total. The third-order valence-electron chi connectivity index (χ3n) is 2.90. The van der Waals surface area contributed by atoms with Crippen LogP contribution in [0.2, 0.25) is 0 Å². The number of para-hydroxylation sites is 1. The normalized spacial score (nSPS) is 10.3. The van der Waals surface area contributed by atoms with Gasteiger partial charge in [0.1, 0.15) is 12.1 Å². The first-order chi connectivity index (χ1) is 10.2. The molecule has 1 heterocycles. The van der Waals surface area contributed by atoms with Crippen LogP contribution in [0.1, 0.15) is 6.92 Å². The van der Waals surface area contributed by atoms with Crippen molar-refractivity contribution in [3.63, 3.8) is 0 Å². The number of ether oxygens (including phenoxy) is 1. The summed E-state index contributed by atoms with van der Waals surface area (Å²) in [5.41, 5.74) is 1.56. The van der Waals surface area contributed by atoms with Gasteiger partial charge in [-0.3, -0.25) is 4.79 Å². The molecule has 0 atom stereocenters. The Labute approximate surface area is 121 Å². The van der Waals surface area contributed by atoms with Crippen molar-refractivity contribution >= 4 is 22.5 Å². The minimum atomic E-state index is -0.106. The lowest BCUT2D eigenvalue weighted by Crippen LogP contribution is -2.05. The van der Waals surface area contributed by atoms with E-state index in [-0.39, 0.29) is 5.91 Å². The van der Waals surface area contributed by atoms with Crippen LogP contribution in [0.25, 0.3) is 10.9 Å². The second-order valence-electron chi connectivity index (χ2n) is 4.50. The minimum Gasteiger partial charge on any atom is -0.438 e. The lowest BCUT2D eigenvalue weighted by atomic mass is 10.2. The van der Waals surface area contributed by atoms with Crippen molar-refractivity contribution in [2.75, 3.05) is 5.32 Å². The molecule has 0 fully saturated rings. The Kier molecular flexibility index (Phi) is 3.47. The van der Waals surface area contributed by atoms with Gasteiger partial charge in [-0.05, 0) is 36.4 Å². The van der Waals surface area contributed by atoms with Gasteiger partial charge >= 0.3 is 0 Å². The number of carbonyl (C=O) groups excluding carboxylic acids is 1. The number of aromatic nitrogens is 2. The number of hydrogen-bond acceptors (Lipinski definition) is 4. The summed E-state index contributed by atoms with van der Waals surface area (Å²) < 4.78 is 5.79. The van der Waals surface area contributed by atoms with Crippen LogP contribution in [0.15, 0.2) is 54.9 Å². The number of fused-ring (bicyclic) bond motifs is 1. The molecule has 5 nitrogen and oxygen atoms in total. The molecule has 0 aliphatic heterocycles. The Morgan fingerprint density at radius 2 is 1.81 bits per heavy atom. The van der Waals surface area contributed by atoms with E-state index in [2.05, 4.69) is 15.3 Å². The number of carbonyl (C=O) groups is 1. The van der Waals surface area contributed by atoms with E-state index in [0.29, 0.717) is 11.6 Å². The molecule has 5 heteroatoms. The third-order valence-corrected chi connectivity index (χ3v) is 2.90. The van der Waals surface area contributed by atoms with Gasteiger partial charge in [0.2, 0.25) is 11.8 Å². The van der Waals surface area contributed by atoms with Crippen LogP contribution >= 0.6 is 0 Å². The van der Waals surface area contributed by atoms with E-state index in [1.54, 1.807) is 24.3 Å². The maximum atomic E-state index is 11.0. The molecule has 2 aromatic carbocycles. The highest BCUT2D eigenvalue weighted by molar-refractivity contribution is 5.88. The first-order valence-corrected chi connectivity index (χ1v) is 6.47. The van der Waals surface area contributed by atoms with Gasteiger partial charge in [-0.1, -0.05) is 12.1 Å². The monoisotopic (exact) mass is 279 g/mol. The van der Waals surface area contributed by atoms with Gasteiger partial charge in [-0.2, -0.15) is 0 Å². The maximum absolute atomic E-state index is 11.0. The highest BCUT2D eigenvalue weighted by atomic mass is 16.5. The number of amides is 1. The fourth-order valence-corrected chi connectivity index (χ4v) is 1.98. The summed E-state index contributed by atoms with van der Waals surface area (Å²) in [6.45, 7) is 1.47. The lowest BCUT2D eigenvalue weighted by Gasteiger charge is -2.08. The number of nitrogens with zero attached hydrogens (tertiary/aromatic N) is 2. The summed E-state index contributed by atoms with van der Waals surface area (Å²) >= 11 is 0. The highest BCUT2D eigenvalue weighted by Gasteiger charge is 2.05. The molecule has 0 unspecified atom stereocenters. The molecule has 0 saturated heterocycles. The number of nitrogens with one attached hydrogen (secondary N) is 1. The standard InChI is InChI=1S/C16H13N3O2/c1-11(20)19-12-6-8-13(9-7-12)21-16-14-4-2-3-5-15(14)17-10-18-16/h2-10H,1H3,(H,19,20). The summed E-state index contributed by atoms with van der Waals surface area (Å²) in [4.78, 5) is 19.3. The molecule has 0 spiro atoms. The predicted octanol–water partition coefficient (Wildman–Crippen LogP) is 3.38. The van der Waals surface area contributed by atoms with Gasteiger partial charge in [0.05, 0.1) is 10.9 Å². The van der Waals surface area contributed by atoms with Crippen LogP contribution in [-0.4, -0.2) is 15.9 Å². The molecule has 0 radical (unpaired) electrons. The highest BCUT2D eigenvalue weighted by Crippen LogP contribution is 2.27. The van der Waals surface area contributed by atoms with E-state index in [1.807, 2.05) is 24.3 Å². The zero-order valence-electron chi connectivity index (χ0n) is 11.4. The molecule has 3 aromatic rings. The number of benzene rings is 2. The Morgan fingerprint density at radius 1 is 1.05 bits per heavy atom. The minimum absolute atomic E-state index is 0.106. The predicted molar refractivity (Wildman–Crippen MR) is 80.4 cm³/mol. The Balaban J connectivity index is 1.87. The van der Waals surface area contributed by atoms with Crippen LogP contribution in [0.4, 0.5) is 5.69 Å². The van der Waals surface area contributed by atoms with E-state index in [4.69, 9.17) is 4.74 Å². The van der Waals surface area contributed by atoms with Crippen molar-refractivity contribution in [2.45, 2.75) is 6.92 Å². The third kappa shape index (κ3) is 2.97. The molecule has 0 aliphatic rings. The van der Waals surface area contributed by atoms with Gasteiger partial charge in [0, 0.05) is 12.6 Å². The van der Waals surface area contributed by atoms with Gasteiger partial charge in [-0.15, -0.1) is 0 Å². The summed E-state index contributed by atoms with van der Waals surface area (Å²) in [5, 5.41) is 3.56. The largest absolute Gasteiger partial charge is 0.438 e. The average Bonchev–Trinajstić information content (AvgIpc) is 2.49. The number of anilines is 1. The van der Waals surface area contributed by atoms with Crippen LogP contribution in [0, 0.1) is 0 Å². The molecular weight excluding hydrogens is 266 g/mol. The van der Waals surface area contributed by atoms with Crippen molar-refractivity contribution in [2.24, 2.45) is 0 Å². The Morgan fingerprint density at radius 3 is 2.57 bits per heavy atom. The summed E-state index contributed by atoms with van der Waals surface area (Å²) in [7, 11) is 0. The van der Waals surface area contributed by atoms with Crippen molar-refractivity contribution in [1.29, 1.82) is 0 Å². The smallest absolute Gasteiger partial charge is 0.230 e. The Bertz CT molecular complexity index is 780. The quantitative estimate of drug-likeness (QED) is 0.798. The van der Waals surface area contributed by atoms with Gasteiger partial charge in [0.15, 0.2) is 0 Å². The second kappa shape index (κ2) is 5.58. The fraction of sp³-hybridized carbons (Fsp3) is 0.0625. The van der Waals surface area contributed by atoms with E-state index in [1.165, 1.54) is 13.3 Å². The first kappa shape index (κ1) is 13.1. The molecule has 0 bridgehead atoms. The SMILES string of the molecule is CC(=O)Nc1ccc(Oc2ncnc3ccccc23)cc1. The molecule has 1 amide bonds. The number of hydrogen-bond donors (Lipinski definition) is 1. The van der Waals surface area contributed by atoms with E-state index in [0.717, 1.165) is 16.6 Å². The second-order valence-corrected chi connectivity index (χ2v) is 4.50. The van der Waals surface area contributed by atoms with Crippen molar-refractivity contribution in [3.8, 4) is 11.6 Å². The lowest BCUT2D eigenvalue weighted by molar-refractivity contribution is -0.114. The van der Waals surface area contributed by atoms with E-state index >= 15 is 0 Å². The zero-order chi connectivity index (χ0) is 14.7. The average molecular weight is 279 g/mol. The molecular formula is C16H13N3O2. The van der Waals surface area contributed by atoms with Crippen LogP contribution in [0.3, 0.4) is 0 Å². The van der Waals surface area contributed by atoms with Gasteiger partial charge in [-0.25, -0.2) is 9.97 Å². The molecule has 21 heavy (non-hydrogen) atoms. The molecule has 0 saturated carbocycles.